The first-order valence-electron chi connectivity index (χ1n) is 11.1. The number of carbonyl (C=O) groups excluding carboxylic acids is 3. The van der Waals surface area contributed by atoms with Crippen LogP contribution in [-0.4, -0.2) is 48.6 Å². The van der Waals surface area contributed by atoms with Gasteiger partial charge in [0.2, 0.25) is 11.8 Å². The third-order valence-corrected chi connectivity index (χ3v) is 6.41. The molecule has 0 saturated heterocycles. The van der Waals surface area contributed by atoms with E-state index in [0.717, 1.165) is 11.1 Å². The van der Waals surface area contributed by atoms with E-state index in [1.54, 1.807) is 38.4 Å². The minimum absolute atomic E-state index is 0.0664. The Morgan fingerprint density at radius 1 is 0.972 bits per heavy atom. The lowest BCUT2D eigenvalue weighted by Crippen LogP contribution is -2.41. The number of hydrogen-bond acceptors (Lipinski definition) is 4. The van der Waals surface area contributed by atoms with E-state index in [2.05, 4.69) is 26.6 Å². The molecule has 9 heteroatoms. The predicted octanol–water partition coefficient (Wildman–Crippen LogP) is 5.09. The zero-order chi connectivity index (χ0) is 25.8. The zero-order valence-corrected chi connectivity index (χ0v) is 22.1. The Morgan fingerprint density at radius 2 is 1.67 bits per heavy atom. The molecule has 1 aliphatic rings. The smallest absolute Gasteiger partial charge is 0.258 e. The molecule has 3 amide bonds. The summed E-state index contributed by atoms with van der Waals surface area (Å²) in [6.07, 6.45) is 0. The first-order chi connectivity index (χ1) is 17.3. The van der Waals surface area contributed by atoms with Crippen LogP contribution in [0.25, 0.3) is 11.3 Å². The summed E-state index contributed by atoms with van der Waals surface area (Å²) in [5.74, 6) is -0.643. The topological polar surface area (TPSA) is 81.8 Å². The molecule has 4 rings (SSSR count). The van der Waals surface area contributed by atoms with Crippen LogP contribution in [0.2, 0.25) is 5.02 Å². The van der Waals surface area contributed by atoms with E-state index in [-0.39, 0.29) is 29.6 Å². The van der Waals surface area contributed by atoms with Gasteiger partial charge in [-0.2, -0.15) is 0 Å². The summed E-state index contributed by atoms with van der Waals surface area (Å²) >= 11 is 9.32. The van der Waals surface area contributed by atoms with Gasteiger partial charge in [0.15, 0.2) is 0 Å². The van der Waals surface area contributed by atoms with Gasteiger partial charge in [-0.05, 0) is 42.0 Å². The summed E-state index contributed by atoms with van der Waals surface area (Å²) in [4.78, 5) is 40.7. The Bertz CT molecular complexity index is 1340. The lowest BCUT2D eigenvalue weighted by atomic mass is 10.00. The maximum absolute atomic E-state index is 13.0. The second-order valence-electron chi connectivity index (χ2n) is 8.33. The van der Waals surface area contributed by atoms with Gasteiger partial charge < -0.3 is 20.4 Å². The SMILES string of the molecule is CN(C)C(=O)CN(C(=O)CBr)c1ccc(N/C(=C2\C(=O)Nc3cc(Cl)ccc32)c2ccccc2)cc1. The fourth-order valence-electron chi connectivity index (χ4n) is 3.82. The number of nitrogens with zero attached hydrogens (tertiary/aromatic N) is 2. The largest absolute Gasteiger partial charge is 0.354 e. The number of halogens is 2. The first kappa shape index (κ1) is 25.5. The number of hydrogen-bond donors (Lipinski definition) is 2. The summed E-state index contributed by atoms with van der Waals surface area (Å²) in [6.45, 7) is -0.0664. The molecule has 0 bridgehead atoms. The first-order valence-corrected chi connectivity index (χ1v) is 12.6. The molecule has 184 valence electrons. The molecule has 0 aliphatic carbocycles. The van der Waals surface area contributed by atoms with Gasteiger partial charge in [-0.15, -0.1) is 0 Å². The molecule has 7 nitrogen and oxygen atoms in total. The normalized spacial score (nSPS) is 13.5. The van der Waals surface area contributed by atoms with E-state index in [0.29, 0.717) is 33.4 Å². The van der Waals surface area contributed by atoms with Crippen molar-refractivity contribution in [1.29, 1.82) is 0 Å². The van der Waals surface area contributed by atoms with E-state index in [4.69, 9.17) is 11.6 Å². The Morgan fingerprint density at radius 3 is 2.31 bits per heavy atom. The van der Waals surface area contributed by atoms with E-state index in [1.165, 1.54) is 9.80 Å². The standard InChI is InChI=1S/C27H24BrClN4O3/c1-32(2)24(35)16-33(23(34)15-28)20-11-9-19(10-12-20)30-26(17-6-4-3-5-7-17)25-21-13-8-18(29)14-22(21)31-27(25)36/h3-14,30H,15-16H2,1-2H3,(H,31,36)/b26-25-. The average molecular weight is 568 g/mol. The summed E-state index contributed by atoms with van der Waals surface area (Å²) in [5, 5.41) is 6.91. The van der Waals surface area contributed by atoms with Crippen LogP contribution >= 0.6 is 27.5 Å². The van der Waals surface area contributed by atoms with Gasteiger partial charge >= 0.3 is 0 Å². The molecule has 36 heavy (non-hydrogen) atoms. The van der Waals surface area contributed by atoms with Gasteiger partial charge in [0, 0.05) is 36.1 Å². The fourth-order valence-corrected chi connectivity index (χ4v) is 4.29. The van der Waals surface area contributed by atoms with Gasteiger partial charge in [0.25, 0.3) is 5.91 Å². The lowest BCUT2D eigenvalue weighted by Gasteiger charge is -2.23. The highest BCUT2D eigenvalue weighted by Crippen LogP contribution is 2.38. The highest BCUT2D eigenvalue weighted by atomic mass is 79.9. The van der Waals surface area contributed by atoms with Crippen LogP contribution < -0.4 is 15.5 Å². The molecule has 3 aromatic rings. The number of amides is 3. The van der Waals surface area contributed by atoms with Crippen LogP contribution in [0.3, 0.4) is 0 Å². The molecule has 0 aromatic heterocycles. The Balaban J connectivity index is 1.71. The van der Waals surface area contributed by atoms with Gasteiger partial charge in [-0.3, -0.25) is 14.4 Å². The zero-order valence-electron chi connectivity index (χ0n) is 19.7. The number of rotatable bonds is 7. The van der Waals surface area contributed by atoms with Gasteiger partial charge in [0.05, 0.1) is 22.3 Å². The summed E-state index contributed by atoms with van der Waals surface area (Å²) in [7, 11) is 3.30. The second-order valence-corrected chi connectivity index (χ2v) is 9.33. The maximum Gasteiger partial charge on any atom is 0.258 e. The van der Waals surface area contributed by atoms with Crippen LogP contribution in [0.5, 0.6) is 0 Å². The molecule has 0 unspecified atom stereocenters. The maximum atomic E-state index is 13.0. The van der Waals surface area contributed by atoms with Crippen molar-refractivity contribution in [2.45, 2.75) is 0 Å². The van der Waals surface area contributed by atoms with Crippen molar-refractivity contribution in [2.24, 2.45) is 0 Å². The Kier molecular flexibility index (Phi) is 7.76. The van der Waals surface area contributed by atoms with Crippen LogP contribution in [0.1, 0.15) is 11.1 Å². The van der Waals surface area contributed by atoms with Crippen LogP contribution in [0.4, 0.5) is 17.1 Å². The van der Waals surface area contributed by atoms with E-state index in [9.17, 15) is 14.4 Å². The summed E-state index contributed by atoms with van der Waals surface area (Å²) < 4.78 is 0. The van der Waals surface area contributed by atoms with Crippen molar-refractivity contribution in [3.63, 3.8) is 0 Å². The Hall–Kier alpha value is -3.62. The highest BCUT2D eigenvalue weighted by Gasteiger charge is 2.28. The number of carbonyl (C=O) groups is 3. The van der Waals surface area contributed by atoms with Crippen molar-refractivity contribution >= 4 is 73.6 Å². The second kappa shape index (κ2) is 11.0. The lowest BCUT2D eigenvalue weighted by molar-refractivity contribution is -0.128. The van der Waals surface area contributed by atoms with E-state index in [1.807, 2.05) is 48.5 Å². The molecule has 1 heterocycles. The fraction of sp³-hybridized carbons (Fsp3) is 0.148. The number of nitrogens with one attached hydrogen (secondary N) is 2. The molecule has 1 aliphatic heterocycles. The quantitative estimate of drug-likeness (QED) is 0.308. The van der Waals surface area contributed by atoms with E-state index < -0.39 is 0 Å². The van der Waals surface area contributed by atoms with Crippen molar-refractivity contribution in [3.05, 3.63) is 88.9 Å². The van der Waals surface area contributed by atoms with Crippen LogP contribution in [0.15, 0.2) is 72.8 Å². The monoisotopic (exact) mass is 566 g/mol. The van der Waals surface area contributed by atoms with Crippen LogP contribution in [-0.2, 0) is 14.4 Å². The van der Waals surface area contributed by atoms with Gasteiger partial charge in [-0.1, -0.05) is 63.9 Å². The van der Waals surface area contributed by atoms with Crippen LogP contribution in [0, 0.1) is 0 Å². The minimum atomic E-state index is -0.230. The molecule has 3 aromatic carbocycles. The number of alkyl halides is 1. The summed E-state index contributed by atoms with van der Waals surface area (Å²) in [5.41, 5.74) is 4.69. The van der Waals surface area contributed by atoms with E-state index >= 15 is 0 Å². The van der Waals surface area contributed by atoms with Crippen molar-refractivity contribution < 1.29 is 14.4 Å². The van der Waals surface area contributed by atoms with Crippen molar-refractivity contribution in [2.75, 3.05) is 41.5 Å². The molecule has 0 atom stereocenters. The molecular formula is C27H24BrClN4O3. The highest BCUT2D eigenvalue weighted by molar-refractivity contribution is 9.09. The number of fused-ring (bicyclic) bond motifs is 1. The number of benzene rings is 3. The molecule has 0 saturated carbocycles. The third-order valence-electron chi connectivity index (χ3n) is 5.69. The third kappa shape index (κ3) is 5.45. The average Bonchev–Trinajstić information content (AvgIpc) is 3.20. The summed E-state index contributed by atoms with van der Waals surface area (Å²) in [6, 6.07) is 22.0. The molecule has 0 spiro atoms. The molecular weight excluding hydrogens is 544 g/mol. The minimum Gasteiger partial charge on any atom is -0.354 e. The van der Waals surface area contributed by atoms with Gasteiger partial charge in [0.1, 0.15) is 6.54 Å². The number of likely N-dealkylation sites (N-methyl/N-ethyl adjacent to an activating group) is 1. The molecule has 0 radical (unpaired) electrons. The van der Waals surface area contributed by atoms with Gasteiger partial charge in [-0.25, -0.2) is 0 Å². The number of anilines is 3. The predicted molar refractivity (Wildman–Crippen MR) is 148 cm³/mol. The Labute approximate surface area is 222 Å². The molecule has 0 fully saturated rings. The molecule has 2 N–H and O–H groups in total. The van der Waals surface area contributed by atoms with Crippen molar-refractivity contribution in [1.82, 2.24) is 4.90 Å². The van der Waals surface area contributed by atoms with Crippen molar-refractivity contribution in [3.8, 4) is 0 Å².